The van der Waals surface area contributed by atoms with Gasteiger partial charge in [-0.1, -0.05) is 34.8 Å². The second-order valence-electron chi connectivity index (χ2n) is 3.37. The van der Waals surface area contributed by atoms with Crippen LogP contribution >= 0.6 is 34.8 Å². The van der Waals surface area contributed by atoms with Gasteiger partial charge in [0.25, 0.3) is 5.91 Å². The van der Waals surface area contributed by atoms with Crippen LogP contribution in [0.15, 0.2) is 24.3 Å². The van der Waals surface area contributed by atoms with E-state index >= 15 is 0 Å². The van der Waals surface area contributed by atoms with Crippen molar-refractivity contribution in [3.05, 3.63) is 29.8 Å². The van der Waals surface area contributed by atoms with Gasteiger partial charge in [0.15, 0.2) is 0 Å². The van der Waals surface area contributed by atoms with E-state index in [0.717, 1.165) is 0 Å². The molecule has 0 saturated heterocycles. The molecule has 0 radical (unpaired) electrons. The minimum absolute atomic E-state index is 0.270. The summed E-state index contributed by atoms with van der Waals surface area (Å²) in [4.78, 5) is 22.9. The first-order valence-electron chi connectivity index (χ1n) is 5.01. The number of halogens is 3. The van der Waals surface area contributed by atoms with Gasteiger partial charge in [-0.3, -0.25) is 10.1 Å². The molecule has 2 amide bonds. The van der Waals surface area contributed by atoms with Gasteiger partial charge < -0.3 is 9.47 Å². The number of imide groups is 1. The number of hydrogen-bond donors (Lipinski definition) is 1. The first-order chi connectivity index (χ1) is 8.81. The van der Waals surface area contributed by atoms with Crippen LogP contribution < -0.4 is 10.1 Å². The minimum atomic E-state index is -1.72. The van der Waals surface area contributed by atoms with E-state index in [1.165, 1.54) is 19.2 Å². The normalized spacial score (nSPS) is 10.7. The smallest absolute Gasteiger partial charge is 0.414 e. The van der Waals surface area contributed by atoms with Crippen molar-refractivity contribution in [1.82, 2.24) is 5.32 Å². The Hall–Kier alpha value is -1.17. The minimum Gasteiger partial charge on any atom is -0.497 e. The molecule has 8 heteroatoms. The molecule has 0 atom stereocenters. The molecule has 104 valence electrons. The molecule has 1 rings (SSSR count). The molecule has 0 aliphatic heterocycles. The fourth-order valence-electron chi connectivity index (χ4n) is 1.09. The molecule has 0 aliphatic carbocycles. The predicted octanol–water partition coefficient (Wildman–Crippen LogP) is 2.93. The molecule has 0 bridgehead atoms. The Morgan fingerprint density at radius 3 is 2.26 bits per heavy atom. The van der Waals surface area contributed by atoms with E-state index in [2.05, 4.69) is 4.74 Å². The second-order valence-corrected chi connectivity index (χ2v) is 5.89. The maximum absolute atomic E-state index is 11.6. The molecule has 0 saturated carbocycles. The van der Waals surface area contributed by atoms with Gasteiger partial charge in [0, 0.05) is 5.56 Å². The van der Waals surface area contributed by atoms with Crippen molar-refractivity contribution in [2.24, 2.45) is 0 Å². The molecule has 0 aliphatic rings. The molecule has 0 spiro atoms. The molecule has 19 heavy (non-hydrogen) atoms. The van der Waals surface area contributed by atoms with E-state index in [4.69, 9.17) is 39.5 Å². The number of benzene rings is 1. The molecule has 0 aromatic heterocycles. The van der Waals surface area contributed by atoms with Crippen molar-refractivity contribution in [3.63, 3.8) is 0 Å². The van der Waals surface area contributed by atoms with Crippen LogP contribution in [0.4, 0.5) is 4.79 Å². The Kier molecular flexibility index (Phi) is 5.72. The monoisotopic (exact) mass is 325 g/mol. The average Bonchev–Trinajstić information content (AvgIpc) is 2.35. The number of alkyl halides is 3. The molecule has 0 heterocycles. The first-order valence-corrected chi connectivity index (χ1v) is 6.14. The van der Waals surface area contributed by atoms with Gasteiger partial charge in [-0.2, -0.15) is 0 Å². The molecular weight excluding hydrogens is 316 g/mol. The highest BCUT2D eigenvalue weighted by Gasteiger charge is 2.22. The van der Waals surface area contributed by atoms with Crippen molar-refractivity contribution in [1.29, 1.82) is 0 Å². The van der Waals surface area contributed by atoms with E-state index in [9.17, 15) is 9.59 Å². The third kappa shape index (κ3) is 6.00. The lowest BCUT2D eigenvalue weighted by molar-refractivity contribution is 0.0921. The summed E-state index contributed by atoms with van der Waals surface area (Å²) in [5.74, 6) is -0.0349. The highest BCUT2D eigenvalue weighted by molar-refractivity contribution is 6.67. The fraction of sp³-hybridized carbons (Fsp3) is 0.273. The van der Waals surface area contributed by atoms with Gasteiger partial charge in [0.1, 0.15) is 12.4 Å². The highest BCUT2D eigenvalue weighted by Crippen LogP contribution is 2.25. The molecule has 1 aromatic rings. The summed E-state index contributed by atoms with van der Waals surface area (Å²) in [6.45, 7) is -0.459. The van der Waals surface area contributed by atoms with Crippen LogP contribution in [-0.4, -0.2) is 29.5 Å². The second kappa shape index (κ2) is 6.84. The van der Waals surface area contributed by atoms with Crippen molar-refractivity contribution in [2.45, 2.75) is 3.79 Å². The van der Waals surface area contributed by atoms with E-state index in [1.54, 1.807) is 12.1 Å². The van der Waals surface area contributed by atoms with E-state index in [-0.39, 0.29) is 5.56 Å². The first kappa shape index (κ1) is 15.9. The zero-order valence-electron chi connectivity index (χ0n) is 9.78. The summed E-state index contributed by atoms with van der Waals surface area (Å²) in [5, 5.41) is 1.99. The number of hydrogen-bond acceptors (Lipinski definition) is 4. The lowest BCUT2D eigenvalue weighted by Gasteiger charge is -2.11. The lowest BCUT2D eigenvalue weighted by atomic mass is 10.2. The number of carbonyl (C=O) groups excluding carboxylic acids is 2. The summed E-state index contributed by atoms with van der Waals surface area (Å²) in [5.41, 5.74) is 0.270. The van der Waals surface area contributed by atoms with Gasteiger partial charge in [-0.15, -0.1) is 0 Å². The topological polar surface area (TPSA) is 64.6 Å². The van der Waals surface area contributed by atoms with Crippen LogP contribution in [0.2, 0.25) is 0 Å². The van der Waals surface area contributed by atoms with Crippen LogP contribution in [0.25, 0.3) is 0 Å². The summed E-state index contributed by atoms with van der Waals surface area (Å²) < 4.78 is 7.77. The van der Waals surface area contributed by atoms with Crippen LogP contribution in [0.3, 0.4) is 0 Å². The summed E-state index contributed by atoms with van der Waals surface area (Å²) in [6.07, 6.45) is -0.993. The van der Waals surface area contributed by atoms with Gasteiger partial charge in [0.2, 0.25) is 3.79 Å². The van der Waals surface area contributed by atoms with Crippen molar-refractivity contribution in [2.75, 3.05) is 13.7 Å². The van der Waals surface area contributed by atoms with Gasteiger partial charge in [-0.25, -0.2) is 4.79 Å². The van der Waals surface area contributed by atoms with Crippen LogP contribution in [-0.2, 0) is 4.74 Å². The summed E-state index contributed by atoms with van der Waals surface area (Å²) in [6, 6.07) is 6.16. The zero-order chi connectivity index (χ0) is 14.5. The van der Waals surface area contributed by atoms with E-state index in [1.807, 2.05) is 5.32 Å². The lowest BCUT2D eigenvalue weighted by Crippen LogP contribution is -2.33. The number of alkyl carbamates (subject to hydrolysis) is 1. The molecular formula is C11H10Cl3NO4. The van der Waals surface area contributed by atoms with E-state index < -0.39 is 22.4 Å². The van der Waals surface area contributed by atoms with Crippen molar-refractivity contribution < 1.29 is 19.1 Å². The number of methoxy groups -OCH3 is 1. The SMILES string of the molecule is COc1ccc(C(=O)NC(=O)OCC(Cl)(Cl)Cl)cc1. The number of nitrogens with one attached hydrogen (secondary N) is 1. The average molecular weight is 327 g/mol. The highest BCUT2D eigenvalue weighted by atomic mass is 35.6. The predicted molar refractivity (Wildman–Crippen MR) is 72.1 cm³/mol. The third-order valence-electron chi connectivity index (χ3n) is 1.93. The molecule has 5 nitrogen and oxygen atoms in total. The molecule has 1 aromatic carbocycles. The summed E-state index contributed by atoms with van der Waals surface area (Å²) in [7, 11) is 1.50. The van der Waals surface area contributed by atoms with Crippen molar-refractivity contribution >= 4 is 46.8 Å². The quantitative estimate of drug-likeness (QED) is 0.867. The molecule has 0 fully saturated rings. The standard InChI is InChI=1S/C11H10Cl3NO4/c1-18-8-4-2-7(3-5-8)9(16)15-10(17)19-6-11(12,13)14/h2-5H,6H2,1H3,(H,15,16,17). The Morgan fingerprint density at radius 2 is 1.79 bits per heavy atom. The number of rotatable bonds is 3. The summed E-state index contributed by atoms with van der Waals surface area (Å²) >= 11 is 16.2. The Labute approximate surface area is 124 Å². The molecule has 1 N–H and O–H groups in total. The van der Waals surface area contributed by atoms with Crippen LogP contribution in [0, 0.1) is 0 Å². The fourth-order valence-corrected chi connectivity index (χ4v) is 1.25. The number of amides is 2. The Bertz CT molecular complexity index is 456. The van der Waals surface area contributed by atoms with E-state index in [0.29, 0.717) is 5.75 Å². The Balaban J connectivity index is 2.52. The van der Waals surface area contributed by atoms with Gasteiger partial charge in [-0.05, 0) is 24.3 Å². The molecule has 0 unspecified atom stereocenters. The van der Waals surface area contributed by atoms with Gasteiger partial charge in [0.05, 0.1) is 7.11 Å². The zero-order valence-corrected chi connectivity index (χ0v) is 12.1. The van der Waals surface area contributed by atoms with Crippen LogP contribution in [0.5, 0.6) is 5.75 Å². The Morgan fingerprint density at radius 1 is 1.21 bits per heavy atom. The maximum atomic E-state index is 11.6. The van der Waals surface area contributed by atoms with Crippen molar-refractivity contribution in [3.8, 4) is 5.75 Å². The number of ether oxygens (including phenoxy) is 2. The third-order valence-corrected chi connectivity index (χ3v) is 2.26. The van der Waals surface area contributed by atoms with Crippen LogP contribution in [0.1, 0.15) is 10.4 Å². The largest absolute Gasteiger partial charge is 0.497 e. The maximum Gasteiger partial charge on any atom is 0.414 e. The number of carbonyl (C=O) groups is 2. The van der Waals surface area contributed by atoms with Gasteiger partial charge >= 0.3 is 6.09 Å².